The molecule has 1 aromatic heterocycles. The minimum absolute atomic E-state index is 0.203. The van der Waals surface area contributed by atoms with Crippen molar-refractivity contribution >= 4 is 23.2 Å². The lowest BCUT2D eigenvalue weighted by molar-refractivity contribution is 0.282. The predicted octanol–water partition coefficient (Wildman–Crippen LogP) is 3.52. The normalized spacial score (nSPS) is 14.4. The zero-order valence-electron chi connectivity index (χ0n) is 11.5. The third-order valence-corrected chi connectivity index (χ3v) is 3.66. The van der Waals surface area contributed by atoms with Gasteiger partial charge in [0.1, 0.15) is 5.75 Å². The van der Waals surface area contributed by atoms with Crippen LogP contribution in [-0.2, 0) is 13.2 Å². The smallest absolute Gasteiger partial charge is 0.223 e. The lowest BCUT2D eigenvalue weighted by Gasteiger charge is -2.13. The molecular formula is C14H15Cl2N3O2. The van der Waals surface area contributed by atoms with E-state index in [9.17, 15) is 0 Å². The van der Waals surface area contributed by atoms with Gasteiger partial charge in [-0.25, -0.2) is 0 Å². The Morgan fingerprint density at radius 1 is 1.38 bits per heavy atom. The molecular weight excluding hydrogens is 313 g/mol. The summed E-state index contributed by atoms with van der Waals surface area (Å²) in [5, 5.41) is 8.29. The van der Waals surface area contributed by atoms with Crippen LogP contribution in [0.1, 0.15) is 30.1 Å². The Kier molecular flexibility index (Phi) is 4.33. The average molecular weight is 328 g/mol. The number of aromatic nitrogens is 2. The maximum absolute atomic E-state index is 6.24. The van der Waals surface area contributed by atoms with Gasteiger partial charge in [-0.2, -0.15) is 4.98 Å². The second-order valence-corrected chi connectivity index (χ2v) is 5.89. The molecule has 1 fully saturated rings. The van der Waals surface area contributed by atoms with Crippen LogP contribution in [0.15, 0.2) is 16.7 Å². The summed E-state index contributed by atoms with van der Waals surface area (Å²) >= 11 is 12.3. The Bertz CT molecular complexity index is 641. The molecule has 1 aliphatic rings. The van der Waals surface area contributed by atoms with E-state index in [1.165, 1.54) is 12.8 Å². The molecule has 0 bridgehead atoms. The molecule has 3 rings (SSSR count). The number of hydrogen-bond acceptors (Lipinski definition) is 5. The topological polar surface area (TPSA) is 60.2 Å². The lowest BCUT2D eigenvalue weighted by Crippen LogP contribution is -2.16. The first-order valence-corrected chi connectivity index (χ1v) is 7.50. The van der Waals surface area contributed by atoms with Crippen LogP contribution >= 0.6 is 23.2 Å². The molecule has 1 N–H and O–H groups in total. The van der Waals surface area contributed by atoms with E-state index in [1.54, 1.807) is 13.0 Å². The molecule has 0 radical (unpaired) electrons. The molecule has 5 nitrogen and oxygen atoms in total. The molecule has 112 valence electrons. The molecule has 1 aromatic carbocycles. The fourth-order valence-electron chi connectivity index (χ4n) is 1.99. The van der Waals surface area contributed by atoms with Crippen molar-refractivity contribution in [3.8, 4) is 5.75 Å². The highest BCUT2D eigenvalue weighted by Gasteiger charge is 2.21. The van der Waals surface area contributed by atoms with Gasteiger partial charge in [0.2, 0.25) is 11.7 Å². The Morgan fingerprint density at radius 3 is 2.86 bits per heavy atom. The van der Waals surface area contributed by atoms with Crippen molar-refractivity contribution in [2.45, 2.75) is 39.0 Å². The van der Waals surface area contributed by atoms with Gasteiger partial charge in [-0.1, -0.05) is 28.4 Å². The minimum atomic E-state index is 0.203. The number of nitrogens with one attached hydrogen (secondary N) is 1. The Labute approximate surface area is 132 Å². The predicted molar refractivity (Wildman–Crippen MR) is 79.7 cm³/mol. The molecule has 21 heavy (non-hydrogen) atoms. The molecule has 0 atom stereocenters. The highest BCUT2D eigenvalue weighted by Crippen LogP contribution is 2.33. The van der Waals surface area contributed by atoms with Crippen molar-refractivity contribution in [1.82, 2.24) is 15.5 Å². The average Bonchev–Trinajstić information content (AvgIpc) is 3.17. The lowest BCUT2D eigenvalue weighted by atomic mass is 10.2. The summed E-state index contributed by atoms with van der Waals surface area (Å²) in [7, 11) is 0. The number of rotatable bonds is 6. The van der Waals surface area contributed by atoms with Gasteiger partial charge in [-0.05, 0) is 25.0 Å². The first-order chi connectivity index (χ1) is 10.1. The summed E-state index contributed by atoms with van der Waals surface area (Å²) in [6.07, 6.45) is 2.43. The van der Waals surface area contributed by atoms with Crippen molar-refractivity contribution < 1.29 is 9.26 Å². The van der Waals surface area contributed by atoms with Gasteiger partial charge in [0.25, 0.3) is 0 Å². The van der Waals surface area contributed by atoms with Crippen molar-refractivity contribution in [2.24, 2.45) is 0 Å². The maximum atomic E-state index is 6.24. The van der Waals surface area contributed by atoms with E-state index < -0.39 is 0 Å². The molecule has 2 aromatic rings. The van der Waals surface area contributed by atoms with Crippen LogP contribution in [0.25, 0.3) is 0 Å². The minimum Gasteiger partial charge on any atom is -0.484 e. The van der Waals surface area contributed by atoms with Crippen LogP contribution in [0.3, 0.4) is 0 Å². The van der Waals surface area contributed by atoms with E-state index in [4.69, 9.17) is 32.5 Å². The second kappa shape index (κ2) is 6.22. The van der Waals surface area contributed by atoms with E-state index in [0.717, 1.165) is 5.56 Å². The SMILES string of the molecule is Cc1nc(COc2c(Cl)cc(Cl)cc2CNC2CC2)no1. The van der Waals surface area contributed by atoms with Crippen molar-refractivity contribution in [3.63, 3.8) is 0 Å². The van der Waals surface area contributed by atoms with Crippen molar-refractivity contribution in [2.75, 3.05) is 0 Å². The fourth-order valence-corrected chi connectivity index (χ4v) is 2.58. The molecule has 0 amide bonds. The molecule has 0 spiro atoms. The first-order valence-electron chi connectivity index (χ1n) is 6.75. The number of nitrogens with zero attached hydrogens (tertiary/aromatic N) is 2. The summed E-state index contributed by atoms with van der Waals surface area (Å²) in [6.45, 7) is 2.61. The van der Waals surface area contributed by atoms with Crippen molar-refractivity contribution in [3.05, 3.63) is 39.5 Å². The van der Waals surface area contributed by atoms with Gasteiger partial charge in [-0.15, -0.1) is 0 Å². The Balaban J connectivity index is 1.74. The maximum Gasteiger partial charge on any atom is 0.223 e. The summed E-state index contributed by atoms with van der Waals surface area (Å²) in [5.74, 6) is 1.60. The van der Waals surface area contributed by atoms with Gasteiger partial charge in [0.05, 0.1) is 5.02 Å². The molecule has 7 heteroatoms. The molecule has 0 aliphatic heterocycles. The fraction of sp³-hybridized carbons (Fsp3) is 0.429. The highest BCUT2D eigenvalue weighted by molar-refractivity contribution is 6.35. The number of ether oxygens (including phenoxy) is 1. The monoisotopic (exact) mass is 327 g/mol. The largest absolute Gasteiger partial charge is 0.484 e. The van der Waals surface area contributed by atoms with Gasteiger partial charge in [0, 0.05) is 30.1 Å². The van der Waals surface area contributed by atoms with Crippen LogP contribution in [0.2, 0.25) is 10.0 Å². The number of benzene rings is 1. The second-order valence-electron chi connectivity index (χ2n) is 5.05. The van der Waals surface area contributed by atoms with Crippen LogP contribution in [0.5, 0.6) is 5.75 Å². The number of halogens is 2. The first kappa shape index (κ1) is 14.6. The molecule has 1 saturated carbocycles. The summed E-state index contributed by atoms with van der Waals surface area (Å²) in [6, 6.07) is 4.12. The van der Waals surface area contributed by atoms with Gasteiger partial charge < -0.3 is 14.6 Å². The van der Waals surface area contributed by atoms with E-state index >= 15 is 0 Å². The van der Waals surface area contributed by atoms with Crippen LogP contribution in [0.4, 0.5) is 0 Å². The van der Waals surface area contributed by atoms with E-state index in [2.05, 4.69) is 15.5 Å². The van der Waals surface area contributed by atoms with E-state index in [1.807, 2.05) is 6.07 Å². The van der Waals surface area contributed by atoms with E-state index in [0.29, 0.717) is 40.1 Å². The summed E-state index contributed by atoms with van der Waals surface area (Å²) < 4.78 is 10.7. The molecule has 1 heterocycles. The third kappa shape index (κ3) is 3.87. The van der Waals surface area contributed by atoms with Gasteiger partial charge >= 0.3 is 0 Å². The van der Waals surface area contributed by atoms with Crippen molar-refractivity contribution in [1.29, 1.82) is 0 Å². The zero-order chi connectivity index (χ0) is 14.8. The molecule has 1 aliphatic carbocycles. The number of hydrogen-bond donors (Lipinski definition) is 1. The van der Waals surface area contributed by atoms with Gasteiger partial charge in [0.15, 0.2) is 6.61 Å². The number of aryl methyl sites for hydroxylation is 1. The standard InChI is InChI=1S/C14H15Cl2N3O2/c1-8-18-13(19-21-8)7-20-14-9(6-17-11-2-3-11)4-10(15)5-12(14)16/h4-5,11,17H,2-3,6-7H2,1H3. The van der Waals surface area contributed by atoms with Crippen LogP contribution < -0.4 is 10.1 Å². The summed E-state index contributed by atoms with van der Waals surface area (Å²) in [5.41, 5.74) is 0.930. The summed E-state index contributed by atoms with van der Waals surface area (Å²) in [4.78, 5) is 4.10. The molecule has 0 unspecified atom stereocenters. The third-order valence-electron chi connectivity index (χ3n) is 3.16. The molecule has 0 saturated heterocycles. The van der Waals surface area contributed by atoms with E-state index in [-0.39, 0.29) is 6.61 Å². The zero-order valence-corrected chi connectivity index (χ0v) is 13.0. The Morgan fingerprint density at radius 2 is 2.19 bits per heavy atom. The Hall–Kier alpha value is -1.30. The van der Waals surface area contributed by atoms with Crippen LogP contribution in [0, 0.1) is 6.92 Å². The van der Waals surface area contributed by atoms with Gasteiger partial charge in [-0.3, -0.25) is 0 Å². The highest BCUT2D eigenvalue weighted by atomic mass is 35.5. The van der Waals surface area contributed by atoms with Crippen LogP contribution in [-0.4, -0.2) is 16.2 Å². The quantitative estimate of drug-likeness (QED) is 0.879.